The molecule has 1 N–H and O–H groups in total. The number of hydrogen-bond acceptors (Lipinski definition) is 4. The Labute approximate surface area is 159 Å². The first-order chi connectivity index (χ1) is 11.7. The zero-order valence-corrected chi connectivity index (χ0v) is 15.8. The summed E-state index contributed by atoms with van der Waals surface area (Å²) in [6.45, 7) is 5.66. The second-order valence-electron chi connectivity index (χ2n) is 6.13. The Morgan fingerprint density at radius 2 is 2.12 bits per heavy atom. The number of halogens is 2. The second-order valence-corrected chi connectivity index (χ2v) is 6.57. The molecule has 1 aromatic carbocycles. The quantitative estimate of drug-likeness (QED) is 0.850. The lowest BCUT2D eigenvalue weighted by Gasteiger charge is -2.31. The van der Waals surface area contributed by atoms with E-state index < -0.39 is 0 Å². The maximum absolute atomic E-state index is 12.6. The molecule has 1 aliphatic heterocycles. The van der Waals surface area contributed by atoms with Crippen molar-refractivity contribution >= 4 is 29.9 Å². The molecule has 1 saturated heterocycles. The fourth-order valence-corrected chi connectivity index (χ4v) is 3.19. The molecule has 0 aliphatic carbocycles. The van der Waals surface area contributed by atoms with E-state index in [9.17, 15) is 4.79 Å². The highest BCUT2D eigenvalue weighted by atomic mass is 35.5. The first kappa shape index (κ1) is 19.8. The minimum absolute atomic E-state index is 0. The number of benzene rings is 1. The monoisotopic (exact) mass is 383 g/mol. The van der Waals surface area contributed by atoms with Gasteiger partial charge in [0.1, 0.15) is 5.69 Å². The van der Waals surface area contributed by atoms with Crippen molar-refractivity contribution in [1.29, 1.82) is 0 Å². The summed E-state index contributed by atoms with van der Waals surface area (Å²) in [6.07, 6.45) is 2.04. The van der Waals surface area contributed by atoms with Gasteiger partial charge in [0, 0.05) is 29.7 Å². The van der Waals surface area contributed by atoms with Crippen molar-refractivity contribution in [3.05, 3.63) is 41.1 Å². The number of amides is 1. The summed E-state index contributed by atoms with van der Waals surface area (Å²) in [7, 11) is 0. The van der Waals surface area contributed by atoms with Gasteiger partial charge in [-0.1, -0.05) is 35.8 Å². The molecule has 0 atom stereocenters. The molecule has 1 fully saturated rings. The van der Waals surface area contributed by atoms with Gasteiger partial charge in [-0.25, -0.2) is 0 Å². The molecule has 2 aromatic rings. The van der Waals surface area contributed by atoms with E-state index in [1.807, 2.05) is 17.0 Å². The molecular formula is C18H23Cl2N3O2. The highest BCUT2D eigenvalue weighted by Gasteiger charge is 2.26. The Bertz CT molecular complexity index is 697. The summed E-state index contributed by atoms with van der Waals surface area (Å²) in [5.41, 5.74) is 1.47. The number of piperidine rings is 1. The summed E-state index contributed by atoms with van der Waals surface area (Å²) in [6, 6.07) is 9.04. The molecular weight excluding hydrogens is 361 g/mol. The largest absolute Gasteiger partial charge is 0.350 e. The van der Waals surface area contributed by atoms with Gasteiger partial charge in [-0.15, -0.1) is 12.4 Å². The van der Waals surface area contributed by atoms with Gasteiger partial charge in [-0.05, 0) is 44.0 Å². The molecule has 1 amide bonds. The number of carbonyl (C=O) groups is 1. The van der Waals surface area contributed by atoms with Crippen LogP contribution in [0.25, 0.3) is 11.3 Å². The molecule has 136 valence electrons. The Morgan fingerprint density at radius 3 is 2.80 bits per heavy atom. The van der Waals surface area contributed by atoms with E-state index in [4.69, 9.17) is 16.1 Å². The Balaban J connectivity index is 0.00000225. The molecule has 0 saturated carbocycles. The van der Waals surface area contributed by atoms with Gasteiger partial charge in [0.2, 0.25) is 5.76 Å². The molecule has 0 radical (unpaired) electrons. The maximum atomic E-state index is 12.6. The van der Waals surface area contributed by atoms with E-state index in [1.165, 1.54) is 0 Å². The van der Waals surface area contributed by atoms with Gasteiger partial charge < -0.3 is 14.7 Å². The van der Waals surface area contributed by atoms with Gasteiger partial charge in [-0.2, -0.15) is 0 Å². The van der Waals surface area contributed by atoms with E-state index in [0.29, 0.717) is 16.6 Å². The third-order valence-corrected chi connectivity index (χ3v) is 4.66. The molecule has 5 nitrogen and oxygen atoms in total. The summed E-state index contributed by atoms with van der Waals surface area (Å²) >= 11 is 6.00. The lowest BCUT2D eigenvalue weighted by atomic mass is 9.96. The van der Waals surface area contributed by atoms with Gasteiger partial charge >= 0.3 is 0 Å². The third kappa shape index (κ3) is 4.97. The average Bonchev–Trinajstić information content (AvgIpc) is 3.10. The number of nitrogens with one attached hydrogen (secondary N) is 1. The highest BCUT2D eigenvalue weighted by Crippen LogP contribution is 2.24. The SMILES string of the molecule is CCNCC1CCN(C(=O)c2cc(-c3cccc(Cl)c3)no2)CC1.Cl. The van der Waals surface area contributed by atoms with Crippen LogP contribution in [0.3, 0.4) is 0 Å². The number of nitrogens with zero attached hydrogens (tertiary/aromatic N) is 2. The number of hydrogen-bond donors (Lipinski definition) is 1. The fourth-order valence-electron chi connectivity index (χ4n) is 3.00. The first-order valence-corrected chi connectivity index (χ1v) is 8.78. The Hall–Kier alpha value is -1.56. The minimum Gasteiger partial charge on any atom is -0.350 e. The minimum atomic E-state index is -0.0855. The van der Waals surface area contributed by atoms with Crippen molar-refractivity contribution in [2.24, 2.45) is 5.92 Å². The zero-order chi connectivity index (χ0) is 16.9. The summed E-state index contributed by atoms with van der Waals surface area (Å²) in [4.78, 5) is 14.4. The molecule has 1 aromatic heterocycles. The summed E-state index contributed by atoms with van der Waals surface area (Å²) in [5.74, 6) is 0.846. The van der Waals surface area contributed by atoms with Crippen molar-refractivity contribution in [2.75, 3.05) is 26.2 Å². The smallest absolute Gasteiger partial charge is 0.292 e. The number of carbonyl (C=O) groups excluding carboxylic acids is 1. The van der Waals surface area contributed by atoms with Crippen LogP contribution < -0.4 is 5.32 Å². The molecule has 0 unspecified atom stereocenters. The van der Waals surface area contributed by atoms with Crippen LogP contribution in [-0.4, -0.2) is 42.1 Å². The van der Waals surface area contributed by atoms with Crippen molar-refractivity contribution in [2.45, 2.75) is 19.8 Å². The Kier molecular flexibility index (Phi) is 7.29. The van der Waals surface area contributed by atoms with E-state index >= 15 is 0 Å². The topological polar surface area (TPSA) is 58.4 Å². The van der Waals surface area contributed by atoms with Gasteiger partial charge in [0.15, 0.2) is 0 Å². The van der Waals surface area contributed by atoms with Crippen molar-refractivity contribution in [3.8, 4) is 11.3 Å². The first-order valence-electron chi connectivity index (χ1n) is 8.40. The summed E-state index contributed by atoms with van der Waals surface area (Å²) < 4.78 is 5.27. The molecule has 0 spiro atoms. The van der Waals surface area contributed by atoms with Gasteiger partial charge in [-0.3, -0.25) is 4.79 Å². The van der Waals surface area contributed by atoms with Crippen LogP contribution in [-0.2, 0) is 0 Å². The second kappa shape index (κ2) is 9.22. The number of likely N-dealkylation sites (tertiary alicyclic amines) is 1. The molecule has 7 heteroatoms. The molecule has 1 aliphatic rings. The molecule has 25 heavy (non-hydrogen) atoms. The van der Waals surface area contributed by atoms with E-state index in [1.54, 1.807) is 18.2 Å². The summed E-state index contributed by atoms with van der Waals surface area (Å²) in [5, 5.41) is 8.02. The van der Waals surface area contributed by atoms with Crippen molar-refractivity contribution in [3.63, 3.8) is 0 Å². The third-order valence-electron chi connectivity index (χ3n) is 4.43. The van der Waals surface area contributed by atoms with Gasteiger partial charge in [0.25, 0.3) is 5.91 Å². The molecule has 0 bridgehead atoms. The standard InChI is InChI=1S/C18H22ClN3O2.ClH/c1-2-20-12-13-6-8-22(9-7-13)18(23)17-11-16(21-24-17)14-4-3-5-15(19)10-14;/h3-5,10-11,13,20H,2,6-9,12H2,1H3;1H. The lowest BCUT2D eigenvalue weighted by molar-refractivity contribution is 0.0648. The maximum Gasteiger partial charge on any atom is 0.292 e. The molecule has 3 rings (SSSR count). The predicted molar refractivity (Wildman–Crippen MR) is 101 cm³/mol. The van der Waals surface area contributed by atoms with Crippen molar-refractivity contribution in [1.82, 2.24) is 15.4 Å². The molecule has 2 heterocycles. The van der Waals surface area contributed by atoms with Gasteiger partial charge in [0.05, 0.1) is 0 Å². The average molecular weight is 384 g/mol. The lowest BCUT2D eigenvalue weighted by Crippen LogP contribution is -2.40. The van der Waals surface area contributed by atoms with E-state index in [-0.39, 0.29) is 24.1 Å². The normalized spacial score (nSPS) is 15.0. The Morgan fingerprint density at radius 1 is 1.36 bits per heavy atom. The van der Waals surface area contributed by atoms with Crippen LogP contribution >= 0.6 is 24.0 Å². The number of rotatable bonds is 5. The number of aromatic nitrogens is 1. The van der Waals surface area contributed by atoms with Crippen LogP contribution in [0.5, 0.6) is 0 Å². The van der Waals surface area contributed by atoms with E-state index in [0.717, 1.165) is 44.6 Å². The van der Waals surface area contributed by atoms with Crippen LogP contribution in [0.2, 0.25) is 5.02 Å². The van der Waals surface area contributed by atoms with Crippen LogP contribution in [0, 0.1) is 5.92 Å². The van der Waals surface area contributed by atoms with Crippen LogP contribution in [0.4, 0.5) is 0 Å². The van der Waals surface area contributed by atoms with Crippen LogP contribution in [0.15, 0.2) is 34.9 Å². The van der Waals surface area contributed by atoms with Crippen LogP contribution in [0.1, 0.15) is 30.3 Å². The van der Waals surface area contributed by atoms with E-state index in [2.05, 4.69) is 17.4 Å². The van der Waals surface area contributed by atoms with Crippen molar-refractivity contribution < 1.29 is 9.32 Å². The predicted octanol–water partition coefficient (Wildman–Crippen LogP) is 3.88. The highest BCUT2D eigenvalue weighted by molar-refractivity contribution is 6.30. The fraction of sp³-hybridized carbons (Fsp3) is 0.444. The zero-order valence-electron chi connectivity index (χ0n) is 14.2.